The monoisotopic (exact) mass is 309 g/mol. The molecule has 2 N–H and O–H groups in total. The zero-order valence-electron chi connectivity index (χ0n) is 10.5. The number of aromatic nitrogens is 2. The van der Waals surface area contributed by atoms with Crippen molar-refractivity contribution in [3.63, 3.8) is 0 Å². The zero-order valence-corrected chi connectivity index (χ0v) is 11.3. The molecule has 0 atom stereocenters. The first-order valence-corrected chi connectivity index (χ1v) is 7.36. The van der Waals surface area contributed by atoms with Crippen molar-refractivity contribution in [2.45, 2.75) is 4.90 Å². The number of nitrogens with one attached hydrogen (secondary N) is 2. The van der Waals surface area contributed by atoms with Gasteiger partial charge in [-0.3, -0.25) is 4.72 Å². The molecule has 2 aromatic heterocycles. The highest BCUT2D eigenvalue weighted by molar-refractivity contribution is 7.93. The number of hydrogen-bond donors (Lipinski definition) is 2. The SMILES string of the molecule is O=S(=O)(Nc1c(F)cccc1F)c1c[nH]c2ncccc12. The molecule has 3 rings (SSSR count). The van der Waals surface area contributed by atoms with Crippen molar-refractivity contribution < 1.29 is 17.2 Å². The maximum absolute atomic E-state index is 13.5. The Morgan fingerprint density at radius 1 is 1.10 bits per heavy atom. The number of aromatic amines is 1. The van der Waals surface area contributed by atoms with Gasteiger partial charge >= 0.3 is 0 Å². The molecule has 0 unspecified atom stereocenters. The van der Waals surface area contributed by atoms with Crippen molar-refractivity contribution in [2.75, 3.05) is 4.72 Å². The van der Waals surface area contributed by atoms with Crippen molar-refractivity contribution in [3.05, 3.63) is 54.4 Å². The number of anilines is 1. The normalized spacial score (nSPS) is 11.7. The highest BCUT2D eigenvalue weighted by Gasteiger charge is 2.22. The summed E-state index contributed by atoms with van der Waals surface area (Å²) in [7, 11) is -4.14. The fourth-order valence-electron chi connectivity index (χ4n) is 1.94. The van der Waals surface area contributed by atoms with Gasteiger partial charge in [0, 0.05) is 17.8 Å². The summed E-state index contributed by atoms with van der Waals surface area (Å²) >= 11 is 0. The molecule has 0 aliphatic carbocycles. The van der Waals surface area contributed by atoms with Crippen LogP contribution in [0.2, 0.25) is 0 Å². The Hall–Kier alpha value is -2.48. The van der Waals surface area contributed by atoms with E-state index in [1.807, 2.05) is 4.72 Å². The van der Waals surface area contributed by atoms with Crippen LogP contribution >= 0.6 is 0 Å². The van der Waals surface area contributed by atoms with Gasteiger partial charge < -0.3 is 4.98 Å². The van der Waals surface area contributed by atoms with E-state index in [0.717, 1.165) is 18.2 Å². The Labute approximate surface area is 118 Å². The summed E-state index contributed by atoms with van der Waals surface area (Å²) in [5.41, 5.74) is -0.345. The van der Waals surface area contributed by atoms with Crippen LogP contribution in [0.4, 0.5) is 14.5 Å². The van der Waals surface area contributed by atoms with E-state index in [1.165, 1.54) is 12.4 Å². The molecule has 21 heavy (non-hydrogen) atoms. The van der Waals surface area contributed by atoms with E-state index in [2.05, 4.69) is 9.97 Å². The second kappa shape index (κ2) is 4.81. The first-order valence-electron chi connectivity index (χ1n) is 5.88. The number of H-pyrrole nitrogens is 1. The van der Waals surface area contributed by atoms with Crippen LogP contribution in [0, 0.1) is 11.6 Å². The molecule has 0 radical (unpaired) electrons. The van der Waals surface area contributed by atoms with Gasteiger partial charge in [-0.15, -0.1) is 0 Å². The number of halogens is 2. The molecule has 108 valence electrons. The molecule has 0 aliphatic rings. The fraction of sp³-hybridized carbons (Fsp3) is 0. The summed E-state index contributed by atoms with van der Waals surface area (Å²) < 4.78 is 53.6. The quantitative estimate of drug-likeness (QED) is 0.781. The van der Waals surface area contributed by atoms with E-state index in [4.69, 9.17) is 0 Å². The minimum Gasteiger partial charge on any atom is -0.345 e. The number of para-hydroxylation sites is 1. The van der Waals surface area contributed by atoms with Crippen LogP contribution in [-0.2, 0) is 10.0 Å². The largest absolute Gasteiger partial charge is 0.345 e. The van der Waals surface area contributed by atoms with Gasteiger partial charge in [0.15, 0.2) is 0 Å². The van der Waals surface area contributed by atoms with Gasteiger partial charge in [-0.1, -0.05) is 6.07 Å². The van der Waals surface area contributed by atoms with Crippen molar-refractivity contribution in [2.24, 2.45) is 0 Å². The Balaban J connectivity index is 2.09. The molecule has 3 aromatic rings. The highest BCUT2D eigenvalue weighted by atomic mass is 32.2. The molecule has 0 aliphatic heterocycles. The van der Waals surface area contributed by atoms with E-state index in [1.54, 1.807) is 12.1 Å². The van der Waals surface area contributed by atoms with Gasteiger partial charge in [-0.05, 0) is 24.3 Å². The summed E-state index contributed by atoms with van der Waals surface area (Å²) in [5.74, 6) is -1.98. The lowest BCUT2D eigenvalue weighted by Gasteiger charge is -2.08. The van der Waals surface area contributed by atoms with Crippen LogP contribution in [0.5, 0.6) is 0 Å². The molecule has 8 heteroatoms. The van der Waals surface area contributed by atoms with Crippen LogP contribution in [-0.4, -0.2) is 18.4 Å². The molecular weight excluding hydrogens is 300 g/mol. The number of benzene rings is 1. The predicted molar refractivity (Wildman–Crippen MR) is 73.3 cm³/mol. The molecule has 0 amide bonds. The summed E-state index contributed by atoms with van der Waals surface area (Å²) in [6.07, 6.45) is 2.72. The van der Waals surface area contributed by atoms with Gasteiger partial charge in [-0.2, -0.15) is 0 Å². The van der Waals surface area contributed by atoms with E-state index in [0.29, 0.717) is 11.0 Å². The van der Waals surface area contributed by atoms with Crippen molar-refractivity contribution in [1.82, 2.24) is 9.97 Å². The van der Waals surface area contributed by atoms with Crippen LogP contribution in [0.15, 0.2) is 47.6 Å². The fourth-order valence-corrected chi connectivity index (χ4v) is 3.18. The van der Waals surface area contributed by atoms with Crippen LogP contribution < -0.4 is 4.72 Å². The van der Waals surface area contributed by atoms with Crippen molar-refractivity contribution in [1.29, 1.82) is 0 Å². The number of nitrogens with zero attached hydrogens (tertiary/aromatic N) is 1. The molecule has 0 saturated carbocycles. The number of sulfonamides is 1. The number of hydrogen-bond acceptors (Lipinski definition) is 3. The highest BCUT2D eigenvalue weighted by Crippen LogP contribution is 2.26. The van der Waals surface area contributed by atoms with Crippen LogP contribution in [0.25, 0.3) is 11.0 Å². The lowest BCUT2D eigenvalue weighted by atomic mass is 10.3. The average molecular weight is 309 g/mol. The van der Waals surface area contributed by atoms with Gasteiger partial charge in [0.05, 0.1) is 0 Å². The average Bonchev–Trinajstić information content (AvgIpc) is 2.88. The number of rotatable bonds is 3. The molecule has 0 spiro atoms. The summed E-state index contributed by atoms with van der Waals surface area (Å²) in [6.45, 7) is 0. The van der Waals surface area contributed by atoms with E-state index in [-0.39, 0.29) is 4.90 Å². The minimum atomic E-state index is -4.14. The Kier molecular flexibility index (Phi) is 3.09. The summed E-state index contributed by atoms with van der Waals surface area (Å²) in [4.78, 5) is 6.52. The Bertz CT molecular complexity index is 902. The second-order valence-electron chi connectivity index (χ2n) is 4.25. The van der Waals surface area contributed by atoms with E-state index in [9.17, 15) is 17.2 Å². The number of pyridine rings is 1. The Morgan fingerprint density at radius 2 is 1.81 bits per heavy atom. The first-order chi connectivity index (χ1) is 9.99. The van der Waals surface area contributed by atoms with E-state index < -0.39 is 27.3 Å². The Morgan fingerprint density at radius 3 is 2.52 bits per heavy atom. The van der Waals surface area contributed by atoms with Crippen LogP contribution in [0.3, 0.4) is 0 Å². The van der Waals surface area contributed by atoms with Gasteiger partial charge in [0.25, 0.3) is 10.0 Å². The van der Waals surface area contributed by atoms with Crippen molar-refractivity contribution >= 4 is 26.7 Å². The van der Waals surface area contributed by atoms with Gasteiger partial charge in [0.1, 0.15) is 27.9 Å². The summed E-state index contributed by atoms with van der Waals surface area (Å²) in [5, 5.41) is 0.335. The number of fused-ring (bicyclic) bond motifs is 1. The molecule has 0 saturated heterocycles. The van der Waals surface area contributed by atoms with Crippen molar-refractivity contribution in [3.8, 4) is 0 Å². The molecule has 1 aromatic carbocycles. The van der Waals surface area contributed by atoms with Gasteiger partial charge in [-0.25, -0.2) is 22.2 Å². The maximum atomic E-state index is 13.5. The maximum Gasteiger partial charge on any atom is 0.264 e. The second-order valence-corrected chi connectivity index (χ2v) is 5.91. The third-order valence-corrected chi connectivity index (χ3v) is 4.29. The third kappa shape index (κ3) is 2.33. The lowest BCUT2D eigenvalue weighted by molar-refractivity contribution is 0.583. The lowest BCUT2D eigenvalue weighted by Crippen LogP contribution is -2.14. The minimum absolute atomic E-state index is 0.131. The zero-order chi connectivity index (χ0) is 15.0. The standard InChI is InChI=1S/C13H9F2N3O2S/c14-9-4-1-5-10(15)12(9)18-21(19,20)11-7-17-13-8(11)3-2-6-16-13/h1-7,18H,(H,16,17). The molecule has 0 fully saturated rings. The molecular formula is C13H9F2N3O2S. The van der Waals surface area contributed by atoms with E-state index >= 15 is 0 Å². The summed E-state index contributed by atoms with van der Waals surface area (Å²) in [6, 6.07) is 6.21. The first kappa shape index (κ1) is 13.5. The topological polar surface area (TPSA) is 74.8 Å². The third-order valence-electron chi connectivity index (χ3n) is 2.90. The molecule has 2 heterocycles. The molecule has 5 nitrogen and oxygen atoms in total. The predicted octanol–water partition coefficient (Wildman–Crippen LogP) is 2.64. The van der Waals surface area contributed by atoms with Gasteiger partial charge in [0.2, 0.25) is 0 Å². The molecule has 0 bridgehead atoms. The smallest absolute Gasteiger partial charge is 0.264 e. The van der Waals surface area contributed by atoms with Crippen LogP contribution in [0.1, 0.15) is 0 Å².